The van der Waals surface area contributed by atoms with Gasteiger partial charge in [-0.2, -0.15) is 0 Å². The molecule has 0 aliphatic rings. The van der Waals surface area contributed by atoms with Crippen molar-refractivity contribution in [3.8, 4) is 0 Å². The van der Waals surface area contributed by atoms with Crippen molar-refractivity contribution in [3.63, 3.8) is 0 Å². The molecule has 0 fully saturated rings. The number of amides is 2. The number of nitrogens with zero attached hydrogens (tertiary/aromatic N) is 4. The molecule has 2 aromatic heterocycles. The van der Waals surface area contributed by atoms with Gasteiger partial charge in [-0.3, -0.25) is 20.2 Å². The van der Waals surface area contributed by atoms with Gasteiger partial charge in [0.2, 0.25) is 22.1 Å². The molecule has 2 N–H and O–H groups in total. The van der Waals surface area contributed by atoms with Crippen molar-refractivity contribution in [1.29, 1.82) is 0 Å². The molecule has 27 heavy (non-hydrogen) atoms. The first kappa shape index (κ1) is 19.1. The van der Waals surface area contributed by atoms with Crippen LogP contribution in [0.3, 0.4) is 0 Å². The third-order valence-corrected chi connectivity index (χ3v) is 5.69. The van der Waals surface area contributed by atoms with Crippen molar-refractivity contribution >= 4 is 62.6 Å². The Labute approximate surface area is 167 Å². The molecule has 0 aliphatic carbocycles. The molecule has 3 rings (SSSR count). The second kappa shape index (κ2) is 9.35. The summed E-state index contributed by atoms with van der Waals surface area (Å²) in [5.41, 5.74) is 0.929. The van der Waals surface area contributed by atoms with Gasteiger partial charge in [0.1, 0.15) is 5.01 Å². The summed E-state index contributed by atoms with van der Waals surface area (Å²) in [6, 6.07) is 9.50. The molecule has 0 unspecified atom stereocenters. The number of hydrogen-bond donors (Lipinski definition) is 2. The second-order valence-electron chi connectivity index (χ2n) is 5.07. The van der Waals surface area contributed by atoms with E-state index in [0.717, 1.165) is 10.6 Å². The highest BCUT2D eigenvalue weighted by Crippen LogP contribution is 2.25. The number of anilines is 2. The Balaban J connectivity index is 1.46. The summed E-state index contributed by atoms with van der Waals surface area (Å²) in [6.45, 7) is 1.81. The van der Waals surface area contributed by atoms with Gasteiger partial charge in [-0.25, -0.2) is 0 Å². The van der Waals surface area contributed by atoms with Gasteiger partial charge < -0.3 is 0 Å². The summed E-state index contributed by atoms with van der Waals surface area (Å²) >= 11 is 3.75. The molecule has 1 aromatic carbocycles. The minimum absolute atomic E-state index is 0.162. The summed E-state index contributed by atoms with van der Waals surface area (Å²) in [5, 5.41) is 22.5. The highest BCUT2D eigenvalue weighted by molar-refractivity contribution is 8.01. The highest BCUT2D eigenvalue weighted by atomic mass is 32.2. The molecule has 0 saturated heterocycles. The highest BCUT2D eigenvalue weighted by Gasteiger charge is 2.11. The van der Waals surface area contributed by atoms with Gasteiger partial charge in [-0.1, -0.05) is 64.8 Å². The second-order valence-corrected chi connectivity index (χ2v) is 8.45. The van der Waals surface area contributed by atoms with E-state index in [0.29, 0.717) is 14.6 Å². The molecule has 0 radical (unpaired) electrons. The minimum Gasteiger partial charge on any atom is -0.300 e. The lowest BCUT2D eigenvalue weighted by molar-refractivity contribution is -0.114. The fraction of sp³-hybridized carbons (Fsp3) is 0.125. The summed E-state index contributed by atoms with van der Waals surface area (Å²) in [7, 11) is 0. The Kier molecular flexibility index (Phi) is 6.63. The molecule has 8 nitrogen and oxygen atoms in total. The van der Waals surface area contributed by atoms with Crippen molar-refractivity contribution in [2.24, 2.45) is 0 Å². The zero-order valence-electron chi connectivity index (χ0n) is 14.1. The lowest BCUT2D eigenvalue weighted by Crippen LogP contribution is -2.13. The lowest BCUT2D eigenvalue weighted by atomic mass is 10.2. The van der Waals surface area contributed by atoms with Crippen molar-refractivity contribution < 1.29 is 9.59 Å². The predicted octanol–water partition coefficient (Wildman–Crippen LogP) is 3.08. The van der Waals surface area contributed by atoms with E-state index in [1.165, 1.54) is 40.5 Å². The number of rotatable bonds is 7. The molecule has 138 valence electrons. The van der Waals surface area contributed by atoms with Gasteiger partial charge in [0.05, 0.1) is 5.75 Å². The van der Waals surface area contributed by atoms with Crippen LogP contribution in [0, 0.1) is 6.92 Å². The maximum absolute atomic E-state index is 11.9. The van der Waals surface area contributed by atoms with E-state index < -0.39 is 0 Å². The Bertz CT molecular complexity index is 954. The van der Waals surface area contributed by atoms with Crippen molar-refractivity contribution in [2.45, 2.75) is 11.3 Å². The average Bonchev–Trinajstić information content (AvgIpc) is 3.28. The molecule has 2 amide bonds. The van der Waals surface area contributed by atoms with Crippen LogP contribution >= 0.6 is 34.4 Å². The van der Waals surface area contributed by atoms with Gasteiger partial charge in [-0.05, 0) is 18.6 Å². The summed E-state index contributed by atoms with van der Waals surface area (Å²) < 4.78 is 0.584. The first-order valence-corrected chi connectivity index (χ1v) is 10.3. The van der Waals surface area contributed by atoms with Gasteiger partial charge in [-0.15, -0.1) is 20.4 Å². The monoisotopic (exact) mass is 418 g/mol. The van der Waals surface area contributed by atoms with E-state index in [-0.39, 0.29) is 17.6 Å². The Morgan fingerprint density at radius 3 is 2.52 bits per heavy atom. The van der Waals surface area contributed by atoms with E-state index >= 15 is 0 Å². The zero-order valence-corrected chi connectivity index (χ0v) is 16.5. The largest absolute Gasteiger partial charge is 0.300 e. The Morgan fingerprint density at radius 1 is 1.04 bits per heavy atom. The summed E-state index contributed by atoms with van der Waals surface area (Å²) in [4.78, 5) is 23.8. The molecule has 0 saturated carbocycles. The molecule has 2 heterocycles. The van der Waals surface area contributed by atoms with Crippen molar-refractivity contribution in [2.75, 3.05) is 16.4 Å². The molecular weight excluding hydrogens is 404 g/mol. The maximum Gasteiger partial charge on any atom is 0.250 e. The number of hydrogen-bond acceptors (Lipinski definition) is 9. The molecule has 0 spiro atoms. The number of thioether (sulfide) groups is 1. The third kappa shape index (κ3) is 6.24. The summed E-state index contributed by atoms with van der Waals surface area (Å²) in [6.07, 6.45) is 3.15. The average molecular weight is 419 g/mol. The molecule has 0 aliphatic heterocycles. The normalized spacial score (nSPS) is 10.9. The number of carbonyl (C=O) groups is 2. The van der Waals surface area contributed by atoms with E-state index in [9.17, 15) is 9.59 Å². The van der Waals surface area contributed by atoms with Crippen molar-refractivity contribution in [3.05, 3.63) is 47.0 Å². The van der Waals surface area contributed by atoms with Crippen LogP contribution in [0.5, 0.6) is 0 Å². The zero-order chi connectivity index (χ0) is 19.1. The van der Waals surface area contributed by atoms with Crippen LogP contribution < -0.4 is 10.6 Å². The fourth-order valence-electron chi connectivity index (χ4n) is 1.83. The number of benzene rings is 1. The number of aromatic nitrogens is 4. The molecule has 3 aromatic rings. The van der Waals surface area contributed by atoms with Gasteiger partial charge in [0.15, 0.2) is 4.34 Å². The van der Waals surface area contributed by atoms with Crippen LogP contribution in [0.1, 0.15) is 10.6 Å². The number of nitrogens with one attached hydrogen (secondary N) is 2. The standard InChI is InChI=1S/C16H14N6O2S3/c1-10-19-20-14(26-10)18-13(24)9-25-16-22-21-15(27-16)17-12(23)8-7-11-5-3-2-4-6-11/h2-8H,9H2,1H3,(H,17,21,23)(H,18,20,24). The van der Waals surface area contributed by atoms with E-state index in [4.69, 9.17) is 0 Å². The van der Waals surface area contributed by atoms with Crippen LogP contribution in [0.15, 0.2) is 40.7 Å². The quantitative estimate of drug-likeness (QED) is 0.345. The van der Waals surface area contributed by atoms with E-state index in [1.807, 2.05) is 37.3 Å². The fourth-order valence-corrected chi connectivity index (χ4v) is 3.99. The van der Waals surface area contributed by atoms with Crippen LogP contribution in [-0.2, 0) is 9.59 Å². The Morgan fingerprint density at radius 2 is 1.78 bits per heavy atom. The van der Waals surface area contributed by atoms with E-state index in [1.54, 1.807) is 6.08 Å². The minimum atomic E-state index is -0.295. The first-order chi connectivity index (χ1) is 13.1. The van der Waals surface area contributed by atoms with Gasteiger partial charge in [0, 0.05) is 6.08 Å². The smallest absolute Gasteiger partial charge is 0.250 e. The third-order valence-electron chi connectivity index (χ3n) is 2.96. The molecular formula is C16H14N6O2S3. The Hall–Kier alpha value is -2.63. The van der Waals surface area contributed by atoms with Gasteiger partial charge >= 0.3 is 0 Å². The SMILES string of the molecule is Cc1nnc(NC(=O)CSc2nnc(NC(=O)C=Cc3ccccc3)s2)s1. The lowest BCUT2D eigenvalue weighted by Gasteiger charge is -1.98. The maximum atomic E-state index is 11.9. The topological polar surface area (TPSA) is 110 Å². The van der Waals surface area contributed by atoms with E-state index in [2.05, 4.69) is 31.0 Å². The predicted molar refractivity (Wildman–Crippen MR) is 108 cm³/mol. The van der Waals surface area contributed by atoms with Crippen LogP contribution in [0.2, 0.25) is 0 Å². The molecule has 0 bridgehead atoms. The summed E-state index contributed by atoms with van der Waals surface area (Å²) in [5.74, 6) is -0.339. The van der Waals surface area contributed by atoms with Crippen molar-refractivity contribution in [1.82, 2.24) is 20.4 Å². The van der Waals surface area contributed by atoms with Gasteiger partial charge in [0.25, 0.3) is 0 Å². The van der Waals surface area contributed by atoms with Crippen LogP contribution in [0.25, 0.3) is 6.08 Å². The molecule has 11 heteroatoms. The number of carbonyl (C=O) groups excluding carboxylic acids is 2. The van der Waals surface area contributed by atoms with Crippen LogP contribution in [0.4, 0.5) is 10.3 Å². The molecule has 0 atom stereocenters. The van der Waals surface area contributed by atoms with Crippen LogP contribution in [-0.4, -0.2) is 38.0 Å². The number of aryl methyl sites for hydroxylation is 1. The first-order valence-electron chi connectivity index (χ1n) is 7.69.